The third-order valence-corrected chi connectivity index (χ3v) is 3.72. The number of carbonyl (C=O) groups is 1. The van der Waals surface area contributed by atoms with E-state index < -0.39 is 4.92 Å². The minimum atomic E-state index is -0.429. The van der Waals surface area contributed by atoms with Crippen LogP contribution in [0.3, 0.4) is 0 Å². The van der Waals surface area contributed by atoms with E-state index in [4.69, 9.17) is 0 Å². The summed E-state index contributed by atoms with van der Waals surface area (Å²) in [5.41, 5.74) is 0.552. The summed E-state index contributed by atoms with van der Waals surface area (Å²) in [5, 5.41) is 16.9. The minimum absolute atomic E-state index is 0.0348. The number of carbonyl (C=O) groups excluding carboxylic acids is 1. The molecule has 1 amide bonds. The summed E-state index contributed by atoms with van der Waals surface area (Å²) in [6.45, 7) is 5.45. The summed E-state index contributed by atoms with van der Waals surface area (Å²) in [6, 6.07) is 6.23. The number of para-hydroxylation sites is 1. The highest BCUT2D eigenvalue weighted by Gasteiger charge is 2.23. The molecule has 1 aromatic rings. The monoisotopic (exact) mass is 292 g/mol. The number of amides is 1. The van der Waals surface area contributed by atoms with Crippen LogP contribution in [0, 0.1) is 10.1 Å². The van der Waals surface area contributed by atoms with Gasteiger partial charge in [-0.3, -0.25) is 19.8 Å². The normalized spacial score (nSPS) is 17.2. The molecule has 2 rings (SSSR count). The zero-order chi connectivity index (χ0) is 15.2. The number of nitro benzene ring substituents is 1. The van der Waals surface area contributed by atoms with Gasteiger partial charge in [-0.2, -0.15) is 0 Å². The summed E-state index contributed by atoms with van der Waals surface area (Å²) < 4.78 is 0. The third-order valence-electron chi connectivity index (χ3n) is 3.72. The summed E-state index contributed by atoms with van der Waals surface area (Å²) in [6.07, 6.45) is 0. The Morgan fingerprint density at radius 2 is 2.10 bits per heavy atom. The molecule has 114 valence electrons. The number of benzene rings is 1. The fourth-order valence-corrected chi connectivity index (χ4v) is 2.40. The summed E-state index contributed by atoms with van der Waals surface area (Å²) in [4.78, 5) is 24.8. The molecule has 0 aliphatic carbocycles. The number of nitro groups is 1. The highest BCUT2D eigenvalue weighted by Crippen LogP contribution is 2.17. The van der Waals surface area contributed by atoms with E-state index in [-0.39, 0.29) is 24.2 Å². The second-order valence-electron chi connectivity index (χ2n) is 5.07. The van der Waals surface area contributed by atoms with Crippen LogP contribution in [0.25, 0.3) is 0 Å². The molecule has 1 fully saturated rings. The Morgan fingerprint density at radius 3 is 2.76 bits per heavy atom. The van der Waals surface area contributed by atoms with Gasteiger partial charge in [0.05, 0.1) is 11.0 Å². The number of nitrogens with zero attached hydrogens (tertiary/aromatic N) is 2. The maximum Gasteiger partial charge on any atom is 0.274 e. The molecule has 0 radical (unpaired) electrons. The molecule has 0 saturated carbocycles. The van der Waals surface area contributed by atoms with E-state index in [9.17, 15) is 14.9 Å². The number of rotatable bonds is 5. The van der Waals surface area contributed by atoms with Crippen LogP contribution in [-0.2, 0) is 11.3 Å². The Kier molecular flexibility index (Phi) is 5.24. The number of piperazine rings is 1. The lowest BCUT2D eigenvalue weighted by Gasteiger charge is -2.31. The van der Waals surface area contributed by atoms with E-state index >= 15 is 0 Å². The number of hydrogen-bond donors (Lipinski definition) is 2. The molecule has 1 unspecified atom stereocenters. The van der Waals surface area contributed by atoms with Crippen molar-refractivity contribution in [3.05, 3.63) is 39.9 Å². The van der Waals surface area contributed by atoms with E-state index in [1.807, 2.05) is 6.92 Å². The first-order valence-electron chi connectivity index (χ1n) is 7.04. The molecule has 1 heterocycles. The van der Waals surface area contributed by atoms with E-state index in [1.54, 1.807) is 18.2 Å². The SMILES string of the molecule is CC(C(=O)NCc1ccccc1[N+](=O)[O-])N1CCNCC1. The van der Waals surface area contributed by atoms with Crippen molar-refractivity contribution in [1.29, 1.82) is 0 Å². The summed E-state index contributed by atoms with van der Waals surface area (Å²) in [7, 11) is 0. The molecule has 1 saturated heterocycles. The van der Waals surface area contributed by atoms with Crippen LogP contribution < -0.4 is 10.6 Å². The van der Waals surface area contributed by atoms with Gasteiger partial charge < -0.3 is 10.6 Å². The Labute approximate surface area is 123 Å². The summed E-state index contributed by atoms with van der Waals surface area (Å²) >= 11 is 0. The molecule has 1 aliphatic rings. The van der Waals surface area contributed by atoms with Crippen LogP contribution in [0.15, 0.2) is 24.3 Å². The standard InChI is InChI=1S/C14H20N4O3/c1-11(17-8-6-15-7-9-17)14(19)16-10-12-4-2-3-5-13(12)18(20)21/h2-5,11,15H,6-10H2,1H3,(H,16,19). The van der Waals surface area contributed by atoms with Gasteiger partial charge in [-0.15, -0.1) is 0 Å². The zero-order valence-corrected chi connectivity index (χ0v) is 12.0. The van der Waals surface area contributed by atoms with Gasteiger partial charge in [0.15, 0.2) is 0 Å². The van der Waals surface area contributed by atoms with Gasteiger partial charge in [0.25, 0.3) is 5.69 Å². The van der Waals surface area contributed by atoms with Gasteiger partial charge in [-0.05, 0) is 6.92 Å². The topological polar surface area (TPSA) is 87.5 Å². The van der Waals surface area contributed by atoms with Crippen molar-refractivity contribution < 1.29 is 9.72 Å². The molecule has 1 atom stereocenters. The van der Waals surface area contributed by atoms with E-state index in [1.165, 1.54) is 6.07 Å². The molecule has 2 N–H and O–H groups in total. The van der Waals surface area contributed by atoms with Crippen LogP contribution in [0.5, 0.6) is 0 Å². The molecule has 21 heavy (non-hydrogen) atoms. The van der Waals surface area contributed by atoms with Crippen molar-refractivity contribution in [3.8, 4) is 0 Å². The van der Waals surface area contributed by atoms with Crippen molar-refractivity contribution in [3.63, 3.8) is 0 Å². The lowest BCUT2D eigenvalue weighted by atomic mass is 10.1. The van der Waals surface area contributed by atoms with Gasteiger partial charge in [-0.25, -0.2) is 0 Å². The minimum Gasteiger partial charge on any atom is -0.350 e. The largest absolute Gasteiger partial charge is 0.350 e. The Balaban J connectivity index is 1.93. The fraction of sp³-hybridized carbons (Fsp3) is 0.500. The molecule has 0 aromatic heterocycles. The van der Waals surface area contributed by atoms with E-state index in [0.29, 0.717) is 5.56 Å². The van der Waals surface area contributed by atoms with Crippen LogP contribution in [0.4, 0.5) is 5.69 Å². The van der Waals surface area contributed by atoms with Gasteiger partial charge in [0.2, 0.25) is 5.91 Å². The fourth-order valence-electron chi connectivity index (χ4n) is 2.40. The van der Waals surface area contributed by atoms with Crippen molar-refractivity contribution in [1.82, 2.24) is 15.5 Å². The highest BCUT2D eigenvalue weighted by atomic mass is 16.6. The Morgan fingerprint density at radius 1 is 1.43 bits per heavy atom. The lowest BCUT2D eigenvalue weighted by Crippen LogP contribution is -2.52. The number of nitrogens with one attached hydrogen (secondary N) is 2. The van der Waals surface area contributed by atoms with Crippen molar-refractivity contribution in [2.45, 2.75) is 19.5 Å². The van der Waals surface area contributed by atoms with Crippen molar-refractivity contribution >= 4 is 11.6 Å². The molecule has 1 aromatic carbocycles. The zero-order valence-electron chi connectivity index (χ0n) is 12.0. The van der Waals surface area contributed by atoms with Gasteiger partial charge >= 0.3 is 0 Å². The van der Waals surface area contributed by atoms with Crippen molar-refractivity contribution in [2.75, 3.05) is 26.2 Å². The van der Waals surface area contributed by atoms with Crippen LogP contribution in [0.2, 0.25) is 0 Å². The predicted molar refractivity (Wildman–Crippen MR) is 78.8 cm³/mol. The smallest absolute Gasteiger partial charge is 0.274 e. The molecule has 1 aliphatic heterocycles. The van der Waals surface area contributed by atoms with Crippen LogP contribution >= 0.6 is 0 Å². The first-order chi connectivity index (χ1) is 10.1. The molecular weight excluding hydrogens is 272 g/mol. The summed E-state index contributed by atoms with van der Waals surface area (Å²) in [5.74, 6) is -0.102. The second-order valence-corrected chi connectivity index (χ2v) is 5.07. The average molecular weight is 292 g/mol. The Hall–Kier alpha value is -1.99. The maximum absolute atomic E-state index is 12.2. The quantitative estimate of drug-likeness (QED) is 0.610. The van der Waals surface area contributed by atoms with Crippen molar-refractivity contribution in [2.24, 2.45) is 0 Å². The predicted octanol–water partition coefficient (Wildman–Crippen LogP) is 0.505. The molecule has 0 bridgehead atoms. The molecule has 0 spiro atoms. The average Bonchev–Trinajstić information content (AvgIpc) is 2.52. The Bertz CT molecular complexity index is 515. The second kappa shape index (κ2) is 7.14. The van der Waals surface area contributed by atoms with Gasteiger partial charge in [-0.1, -0.05) is 18.2 Å². The van der Waals surface area contributed by atoms with Gasteiger partial charge in [0, 0.05) is 44.4 Å². The van der Waals surface area contributed by atoms with Crippen LogP contribution in [-0.4, -0.2) is 48.0 Å². The first kappa shape index (κ1) is 15.4. The van der Waals surface area contributed by atoms with Crippen LogP contribution in [0.1, 0.15) is 12.5 Å². The lowest BCUT2D eigenvalue weighted by molar-refractivity contribution is -0.385. The maximum atomic E-state index is 12.2. The molecule has 7 heteroatoms. The van der Waals surface area contributed by atoms with Gasteiger partial charge in [0.1, 0.15) is 0 Å². The van der Waals surface area contributed by atoms with E-state index in [0.717, 1.165) is 26.2 Å². The third kappa shape index (κ3) is 3.99. The van der Waals surface area contributed by atoms with E-state index in [2.05, 4.69) is 15.5 Å². The number of hydrogen-bond acceptors (Lipinski definition) is 5. The molecular formula is C14H20N4O3. The highest BCUT2D eigenvalue weighted by molar-refractivity contribution is 5.81. The molecule has 7 nitrogen and oxygen atoms in total. The first-order valence-corrected chi connectivity index (χ1v) is 7.04.